The van der Waals surface area contributed by atoms with Gasteiger partial charge in [-0.2, -0.15) is 0 Å². The summed E-state index contributed by atoms with van der Waals surface area (Å²) in [4.78, 5) is 12.2. The van der Waals surface area contributed by atoms with Gasteiger partial charge in [0.05, 0.1) is 19.8 Å². The summed E-state index contributed by atoms with van der Waals surface area (Å²) in [6.07, 6.45) is 0. The number of hydrogen-bond acceptors (Lipinski definition) is 4. The third kappa shape index (κ3) is 3.36. The van der Waals surface area contributed by atoms with Gasteiger partial charge >= 0.3 is 0 Å². The Morgan fingerprint density at radius 1 is 1.16 bits per heavy atom. The topological polar surface area (TPSA) is 51.2 Å². The standard InChI is InChI=1S/C12H8Cl2O3S2/c13-9-4-3-8(6-10(9)14)19(16,17)7-11(15)12-2-1-5-18-12/h1-6H,7H2. The van der Waals surface area contributed by atoms with E-state index in [0.29, 0.717) is 4.88 Å². The highest BCUT2D eigenvalue weighted by molar-refractivity contribution is 7.92. The van der Waals surface area contributed by atoms with E-state index in [4.69, 9.17) is 23.2 Å². The van der Waals surface area contributed by atoms with Crippen molar-refractivity contribution >= 4 is 50.2 Å². The van der Waals surface area contributed by atoms with Crippen LogP contribution in [0, 0.1) is 0 Å². The third-order valence-electron chi connectivity index (χ3n) is 2.37. The first-order chi connectivity index (χ1) is 8.90. The molecule has 0 bridgehead atoms. The summed E-state index contributed by atoms with van der Waals surface area (Å²) >= 11 is 12.7. The summed E-state index contributed by atoms with van der Waals surface area (Å²) in [5.74, 6) is -1.01. The molecule has 19 heavy (non-hydrogen) atoms. The Morgan fingerprint density at radius 2 is 1.89 bits per heavy atom. The molecule has 0 saturated carbocycles. The number of halogens is 2. The van der Waals surface area contributed by atoms with Gasteiger partial charge in [-0.05, 0) is 29.6 Å². The van der Waals surface area contributed by atoms with Crippen LogP contribution in [0.15, 0.2) is 40.6 Å². The number of ketones is 1. The fourth-order valence-electron chi connectivity index (χ4n) is 1.43. The zero-order valence-corrected chi connectivity index (χ0v) is 12.6. The first kappa shape index (κ1) is 14.5. The first-order valence-electron chi connectivity index (χ1n) is 5.14. The van der Waals surface area contributed by atoms with Gasteiger partial charge in [0, 0.05) is 0 Å². The SMILES string of the molecule is O=C(CS(=O)(=O)c1ccc(Cl)c(Cl)c1)c1cccs1. The molecule has 0 saturated heterocycles. The normalized spacial score (nSPS) is 11.5. The number of hydrogen-bond donors (Lipinski definition) is 0. The van der Waals surface area contributed by atoms with Crippen molar-refractivity contribution in [3.05, 3.63) is 50.6 Å². The van der Waals surface area contributed by atoms with Gasteiger partial charge in [-0.3, -0.25) is 4.79 Å². The second-order valence-corrected chi connectivity index (χ2v) is 7.49. The van der Waals surface area contributed by atoms with Crippen LogP contribution in [0.1, 0.15) is 9.67 Å². The smallest absolute Gasteiger partial charge is 0.188 e. The molecule has 2 aromatic rings. The monoisotopic (exact) mass is 334 g/mol. The Kier molecular flexibility index (Phi) is 4.30. The molecule has 0 fully saturated rings. The molecule has 0 aliphatic rings. The molecule has 0 spiro atoms. The molecule has 2 rings (SSSR count). The van der Waals surface area contributed by atoms with Gasteiger partial charge in [0.15, 0.2) is 15.6 Å². The molecule has 100 valence electrons. The number of benzene rings is 1. The quantitative estimate of drug-likeness (QED) is 0.801. The van der Waals surface area contributed by atoms with Crippen molar-refractivity contribution in [2.24, 2.45) is 0 Å². The molecule has 1 aromatic heterocycles. The number of Topliss-reactive ketones (excluding diaryl/α,β-unsaturated/α-hetero) is 1. The van der Waals surface area contributed by atoms with Crippen molar-refractivity contribution in [2.75, 3.05) is 5.75 Å². The molecule has 0 atom stereocenters. The minimum atomic E-state index is -3.71. The lowest BCUT2D eigenvalue weighted by atomic mass is 10.3. The number of carbonyl (C=O) groups is 1. The molecule has 0 unspecified atom stereocenters. The van der Waals surface area contributed by atoms with Gasteiger partial charge in [-0.15, -0.1) is 11.3 Å². The van der Waals surface area contributed by atoms with E-state index in [1.54, 1.807) is 17.5 Å². The van der Waals surface area contributed by atoms with Crippen LogP contribution in [0.5, 0.6) is 0 Å². The zero-order valence-electron chi connectivity index (χ0n) is 9.47. The van der Waals surface area contributed by atoms with Crippen molar-refractivity contribution in [2.45, 2.75) is 4.90 Å². The molecule has 0 N–H and O–H groups in total. The number of thiophene rings is 1. The van der Waals surface area contributed by atoms with Gasteiger partial charge in [-0.25, -0.2) is 8.42 Å². The van der Waals surface area contributed by atoms with Crippen molar-refractivity contribution < 1.29 is 13.2 Å². The molecule has 1 aromatic carbocycles. The van der Waals surface area contributed by atoms with Crippen LogP contribution in [0.3, 0.4) is 0 Å². The van der Waals surface area contributed by atoms with Crippen molar-refractivity contribution in [1.29, 1.82) is 0 Å². The van der Waals surface area contributed by atoms with Crippen LogP contribution in [-0.2, 0) is 9.84 Å². The molecule has 0 aliphatic heterocycles. The minimum Gasteiger partial charge on any atom is -0.292 e. The minimum absolute atomic E-state index is 0.00759. The molecular formula is C12H8Cl2O3S2. The highest BCUT2D eigenvalue weighted by atomic mass is 35.5. The number of sulfone groups is 1. The van der Waals surface area contributed by atoms with Gasteiger partial charge < -0.3 is 0 Å². The Labute approximate surface area is 124 Å². The van der Waals surface area contributed by atoms with Crippen molar-refractivity contribution in [3.63, 3.8) is 0 Å². The summed E-state index contributed by atoms with van der Waals surface area (Å²) in [5, 5.41) is 2.13. The Hall–Kier alpha value is -0.880. The van der Waals surface area contributed by atoms with E-state index in [9.17, 15) is 13.2 Å². The molecular weight excluding hydrogens is 327 g/mol. The van der Waals surface area contributed by atoms with Crippen LogP contribution >= 0.6 is 34.5 Å². The maximum atomic E-state index is 12.1. The summed E-state index contributed by atoms with van der Waals surface area (Å²) < 4.78 is 24.2. The first-order valence-corrected chi connectivity index (χ1v) is 8.43. The molecule has 0 radical (unpaired) electrons. The Balaban J connectivity index is 2.28. The van der Waals surface area contributed by atoms with Gasteiger partial charge in [-0.1, -0.05) is 29.3 Å². The highest BCUT2D eigenvalue weighted by Gasteiger charge is 2.21. The van der Waals surface area contributed by atoms with E-state index in [1.807, 2.05) is 0 Å². The van der Waals surface area contributed by atoms with Crippen molar-refractivity contribution in [3.8, 4) is 0 Å². The van der Waals surface area contributed by atoms with Crippen molar-refractivity contribution in [1.82, 2.24) is 0 Å². The van der Waals surface area contributed by atoms with Crippen LogP contribution in [0.25, 0.3) is 0 Å². The molecule has 7 heteroatoms. The summed E-state index contributed by atoms with van der Waals surface area (Å²) in [5.41, 5.74) is 0. The maximum Gasteiger partial charge on any atom is 0.188 e. The van der Waals surface area contributed by atoms with Crippen LogP contribution in [0.2, 0.25) is 10.0 Å². The average molecular weight is 335 g/mol. The predicted molar refractivity (Wildman–Crippen MR) is 77.2 cm³/mol. The van der Waals surface area contributed by atoms with E-state index in [1.165, 1.54) is 29.5 Å². The van der Waals surface area contributed by atoms with E-state index >= 15 is 0 Å². The Bertz CT molecular complexity index is 707. The molecule has 3 nitrogen and oxygen atoms in total. The second kappa shape index (κ2) is 5.63. The van der Waals surface area contributed by atoms with Crippen LogP contribution in [0.4, 0.5) is 0 Å². The second-order valence-electron chi connectivity index (χ2n) is 3.74. The van der Waals surface area contributed by atoms with Gasteiger partial charge in [0.2, 0.25) is 0 Å². The van der Waals surface area contributed by atoms with Gasteiger partial charge in [0.25, 0.3) is 0 Å². The Morgan fingerprint density at radius 3 is 2.47 bits per heavy atom. The van der Waals surface area contributed by atoms with E-state index in [-0.39, 0.29) is 14.9 Å². The van der Waals surface area contributed by atoms with E-state index < -0.39 is 21.4 Å². The zero-order chi connectivity index (χ0) is 14.0. The van der Waals surface area contributed by atoms with Crippen LogP contribution < -0.4 is 0 Å². The fraction of sp³-hybridized carbons (Fsp3) is 0.0833. The lowest BCUT2D eigenvalue weighted by molar-refractivity contribution is 0.102. The largest absolute Gasteiger partial charge is 0.292 e. The third-order valence-corrected chi connectivity index (χ3v) is 5.63. The summed E-state index contributed by atoms with van der Waals surface area (Å²) in [6.45, 7) is 0. The molecule has 0 amide bonds. The summed E-state index contributed by atoms with van der Waals surface area (Å²) in [6, 6.07) is 7.28. The lowest BCUT2D eigenvalue weighted by Crippen LogP contribution is -2.15. The molecule has 0 aliphatic carbocycles. The fourth-order valence-corrected chi connectivity index (χ4v) is 3.79. The molecule has 1 heterocycles. The predicted octanol–water partition coefficient (Wildman–Crippen LogP) is 3.71. The highest BCUT2D eigenvalue weighted by Crippen LogP contribution is 2.25. The summed E-state index contributed by atoms with van der Waals surface area (Å²) in [7, 11) is -3.71. The lowest BCUT2D eigenvalue weighted by Gasteiger charge is -2.04. The van der Waals surface area contributed by atoms with Gasteiger partial charge in [0.1, 0.15) is 5.75 Å². The van der Waals surface area contributed by atoms with Crippen LogP contribution in [-0.4, -0.2) is 20.0 Å². The number of rotatable bonds is 4. The average Bonchev–Trinajstić information content (AvgIpc) is 2.85. The maximum absolute atomic E-state index is 12.1. The number of carbonyl (C=O) groups excluding carboxylic acids is 1. The van der Waals surface area contributed by atoms with E-state index in [2.05, 4.69) is 0 Å². The van der Waals surface area contributed by atoms with E-state index in [0.717, 1.165) is 0 Å².